The van der Waals surface area contributed by atoms with Crippen LogP contribution in [0.4, 0.5) is 0 Å². The van der Waals surface area contributed by atoms with Gasteiger partial charge in [-0.15, -0.1) is 0 Å². The molecule has 0 aliphatic heterocycles. The summed E-state index contributed by atoms with van der Waals surface area (Å²) in [5, 5.41) is 0.0809. The summed E-state index contributed by atoms with van der Waals surface area (Å²) in [7, 11) is -4.11. The molecular formula is C13H23O3PS. The Balaban J connectivity index is 0.00000137. The van der Waals surface area contributed by atoms with E-state index in [-0.39, 0.29) is 10.7 Å². The third kappa shape index (κ3) is 5.15. The van der Waals surface area contributed by atoms with Gasteiger partial charge in [-0.2, -0.15) is 12.6 Å². The van der Waals surface area contributed by atoms with Crippen LogP contribution in [0.5, 0.6) is 0 Å². The van der Waals surface area contributed by atoms with Gasteiger partial charge >= 0.3 is 7.60 Å². The second-order valence-corrected chi connectivity index (χ2v) is 6.83. The molecule has 0 radical (unpaired) electrons. The first kappa shape index (κ1) is 17.7. The molecule has 1 aromatic rings. The average Bonchev–Trinajstić information content (AvgIpc) is 2.28. The van der Waals surface area contributed by atoms with Crippen LogP contribution in [0, 0.1) is 5.41 Å². The van der Waals surface area contributed by atoms with E-state index >= 15 is 0 Å². The highest BCUT2D eigenvalue weighted by Gasteiger charge is 2.23. The number of hydrogen-bond acceptors (Lipinski definition) is 2. The summed E-state index contributed by atoms with van der Waals surface area (Å²) in [4.78, 5) is 18.0. The Kier molecular flexibility index (Phi) is 6.66. The van der Waals surface area contributed by atoms with Crippen molar-refractivity contribution in [2.75, 3.05) is 6.26 Å². The minimum Gasteiger partial charge on any atom is -0.321 e. The predicted molar refractivity (Wildman–Crippen MR) is 80.9 cm³/mol. The molecule has 1 unspecified atom stereocenters. The van der Waals surface area contributed by atoms with E-state index in [0.717, 1.165) is 5.56 Å². The first-order chi connectivity index (χ1) is 8.12. The molecule has 3 nitrogen and oxygen atoms in total. The predicted octanol–water partition coefficient (Wildman–Crippen LogP) is 3.19. The summed E-state index contributed by atoms with van der Waals surface area (Å²) in [6, 6.07) is 6.62. The molecule has 0 aliphatic rings. The minimum atomic E-state index is -4.11. The molecule has 0 aromatic heterocycles. The van der Waals surface area contributed by atoms with E-state index in [2.05, 4.69) is 40.3 Å². The monoisotopic (exact) mass is 290 g/mol. The molecule has 1 rings (SSSR count). The topological polar surface area (TPSA) is 57.5 Å². The van der Waals surface area contributed by atoms with Crippen molar-refractivity contribution < 1.29 is 14.4 Å². The first-order valence-electron chi connectivity index (χ1n) is 5.73. The highest BCUT2D eigenvalue weighted by atomic mass is 32.1. The SMILES string of the molecule is CC(c1ccc(P(=O)(O)O)cc1)C(C)(C)C.CS. The summed E-state index contributed by atoms with van der Waals surface area (Å²) in [5.41, 5.74) is 1.24. The Morgan fingerprint density at radius 3 is 1.78 bits per heavy atom. The zero-order valence-electron chi connectivity index (χ0n) is 11.6. The number of benzene rings is 1. The molecule has 2 N–H and O–H groups in total. The zero-order valence-corrected chi connectivity index (χ0v) is 13.4. The van der Waals surface area contributed by atoms with Crippen LogP contribution >= 0.6 is 20.2 Å². The maximum absolute atomic E-state index is 11.0. The van der Waals surface area contributed by atoms with Crippen molar-refractivity contribution in [1.82, 2.24) is 0 Å². The van der Waals surface area contributed by atoms with Crippen LogP contribution in [-0.2, 0) is 4.57 Å². The van der Waals surface area contributed by atoms with Gasteiger partial charge in [-0.3, -0.25) is 4.57 Å². The second kappa shape index (κ2) is 6.76. The zero-order chi connectivity index (χ0) is 14.6. The summed E-state index contributed by atoms with van der Waals surface area (Å²) in [6.45, 7) is 8.56. The van der Waals surface area contributed by atoms with Gasteiger partial charge in [-0.1, -0.05) is 39.8 Å². The van der Waals surface area contributed by atoms with Crippen molar-refractivity contribution in [1.29, 1.82) is 0 Å². The van der Waals surface area contributed by atoms with E-state index in [1.165, 1.54) is 12.1 Å². The van der Waals surface area contributed by atoms with Gasteiger partial charge in [0.15, 0.2) is 0 Å². The number of thiol groups is 1. The fourth-order valence-corrected chi connectivity index (χ4v) is 1.99. The van der Waals surface area contributed by atoms with Gasteiger partial charge in [0.2, 0.25) is 0 Å². The fourth-order valence-electron chi connectivity index (χ4n) is 1.46. The van der Waals surface area contributed by atoms with E-state index in [4.69, 9.17) is 9.79 Å². The normalized spacial score (nSPS) is 13.6. The molecule has 1 atom stereocenters. The van der Waals surface area contributed by atoms with Crippen molar-refractivity contribution in [2.45, 2.75) is 33.6 Å². The largest absolute Gasteiger partial charge is 0.356 e. The van der Waals surface area contributed by atoms with Gasteiger partial charge in [-0.05, 0) is 35.3 Å². The van der Waals surface area contributed by atoms with Gasteiger partial charge in [0.05, 0.1) is 5.30 Å². The lowest BCUT2D eigenvalue weighted by Crippen LogP contribution is -2.16. The lowest BCUT2D eigenvalue weighted by molar-refractivity contribution is 0.339. The van der Waals surface area contributed by atoms with Crippen LogP contribution in [0.2, 0.25) is 0 Å². The van der Waals surface area contributed by atoms with E-state index in [9.17, 15) is 4.57 Å². The van der Waals surface area contributed by atoms with Crippen molar-refractivity contribution in [3.05, 3.63) is 29.8 Å². The third-order valence-corrected chi connectivity index (χ3v) is 4.00. The van der Waals surface area contributed by atoms with Gasteiger partial charge in [0.25, 0.3) is 0 Å². The standard InChI is InChI=1S/C12H19O3P.CH4S/c1-9(12(2,3)4)10-5-7-11(8-6-10)16(13,14)15;1-2/h5-9H,1-4H3,(H2,13,14,15);2H,1H3. The average molecular weight is 290 g/mol. The van der Waals surface area contributed by atoms with E-state index in [1.54, 1.807) is 18.4 Å². The molecule has 0 heterocycles. The summed E-state index contributed by atoms with van der Waals surface area (Å²) in [6.07, 6.45) is 1.69. The molecular weight excluding hydrogens is 267 g/mol. The molecule has 0 saturated carbocycles. The van der Waals surface area contributed by atoms with E-state index < -0.39 is 7.60 Å². The van der Waals surface area contributed by atoms with Crippen LogP contribution in [0.15, 0.2) is 24.3 Å². The molecule has 0 aliphatic carbocycles. The van der Waals surface area contributed by atoms with Crippen LogP contribution in [0.25, 0.3) is 0 Å². The quantitative estimate of drug-likeness (QED) is 0.579. The Morgan fingerprint density at radius 1 is 1.11 bits per heavy atom. The van der Waals surface area contributed by atoms with Crippen LogP contribution in [0.1, 0.15) is 39.2 Å². The van der Waals surface area contributed by atoms with E-state index in [1.807, 2.05) is 0 Å². The lowest BCUT2D eigenvalue weighted by atomic mass is 9.78. The Morgan fingerprint density at radius 2 is 1.50 bits per heavy atom. The maximum atomic E-state index is 11.0. The molecule has 0 bridgehead atoms. The highest BCUT2D eigenvalue weighted by molar-refractivity contribution is 7.79. The molecule has 18 heavy (non-hydrogen) atoms. The fraction of sp³-hybridized carbons (Fsp3) is 0.538. The third-order valence-electron chi connectivity index (χ3n) is 3.03. The van der Waals surface area contributed by atoms with Gasteiger partial charge in [0.1, 0.15) is 0 Å². The minimum absolute atomic E-state index is 0.0809. The molecule has 5 heteroatoms. The number of rotatable bonds is 2. The molecule has 1 aromatic carbocycles. The molecule has 0 fully saturated rings. The van der Waals surface area contributed by atoms with Crippen LogP contribution in [0.3, 0.4) is 0 Å². The lowest BCUT2D eigenvalue weighted by Gasteiger charge is -2.27. The summed E-state index contributed by atoms with van der Waals surface area (Å²) >= 11 is 3.53. The first-order valence-corrected chi connectivity index (χ1v) is 8.24. The molecule has 0 spiro atoms. The second-order valence-electron chi connectivity index (χ2n) is 5.22. The van der Waals surface area contributed by atoms with Gasteiger partial charge < -0.3 is 9.79 Å². The van der Waals surface area contributed by atoms with Crippen LogP contribution < -0.4 is 5.30 Å². The van der Waals surface area contributed by atoms with Crippen molar-refractivity contribution >= 4 is 25.5 Å². The molecule has 104 valence electrons. The van der Waals surface area contributed by atoms with Crippen molar-refractivity contribution in [3.8, 4) is 0 Å². The van der Waals surface area contributed by atoms with E-state index in [0.29, 0.717) is 5.92 Å². The molecule has 0 saturated heterocycles. The number of hydrogen-bond donors (Lipinski definition) is 3. The van der Waals surface area contributed by atoms with Crippen molar-refractivity contribution in [2.24, 2.45) is 5.41 Å². The maximum Gasteiger partial charge on any atom is 0.356 e. The Hall–Kier alpha value is -0.280. The van der Waals surface area contributed by atoms with Crippen LogP contribution in [-0.4, -0.2) is 16.0 Å². The highest BCUT2D eigenvalue weighted by Crippen LogP contribution is 2.36. The van der Waals surface area contributed by atoms with Gasteiger partial charge in [0, 0.05) is 0 Å². The summed E-state index contributed by atoms with van der Waals surface area (Å²) < 4.78 is 11.0. The Bertz CT molecular complexity index is 403. The smallest absolute Gasteiger partial charge is 0.321 e. The van der Waals surface area contributed by atoms with Gasteiger partial charge in [-0.25, -0.2) is 0 Å². The van der Waals surface area contributed by atoms with Crippen molar-refractivity contribution in [3.63, 3.8) is 0 Å². The molecule has 0 amide bonds. The summed E-state index contributed by atoms with van der Waals surface area (Å²) in [5.74, 6) is 0.346. The Labute approximate surface area is 115 Å².